The van der Waals surface area contributed by atoms with E-state index in [1.54, 1.807) is 12.1 Å². The third kappa shape index (κ3) is 3.27. The maximum absolute atomic E-state index is 12.9. The van der Waals surface area contributed by atoms with Crippen LogP contribution in [0.3, 0.4) is 0 Å². The zero-order valence-corrected chi connectivity index (χ0v) is 13.9. The Kier molecular flexibility index (Phi) is 4.22. The molecule has 4 rings (SSSR count). The maximum atomic E-state index is 12.9. The van der Waals surface area contributed by atoms with Crippen molar-refractivity contribution >= 4 is 17.4 Å². The van der Waals surface area contributed by atoms with E-state index in [9.17, 15) is 9.18 Å². The van der Waals surface area contributed by atoms with Crippen LogP contribution in [-0.2, 0) is 17.8 Å². The third-order valence-corrected chi connectivity index (χ3v) is 4.86. The molecule has 25 heavy (non-hydrogen) atoms. The summed E-state index contributed by atoms with van der Waals surface area (Å²) in [4.78, 5) is 19.4. The number of benzene rings is 2. The molecule has 0 bridgehead atoms. The number of amides is 1. The summed E-state index contributed by atoms with van der Waals surface area (Å²) in [5, 5.41) is 3.02. The number of carbonyl (C=O) groups excluding carboxylic acids is 1. The molecule has 2 heterocycles. The average molecular weight is 337 g/mol. The van der Waals surface area contributed by atoms with Crippen LogP contribution >= 0.6 is 0 Å². The third-order valence-electron chi connectivity index (χ3n) is 4.86. The van der Waals surface area contributed by atoms with Crippen molar-refractivity contribution in [2.24, 2.45) is 4.99 Å². The second kappa shape index (κ2) is 6.67. The molecule has 1 N–H and O–H groups in total. The first-order valence-corrected chi connectivity index (χ1v) is 8.65. The van der Waals surface area contributed by atoms with Gasteiger partial charge in [0, 0.05) is 19.5 Å². The normalized spacial score (nSPS) is 18.4. The first kappa shape index (κ1) is 15.8. The van der Waals surface area contributed by atoms with Gasteiger partial charge in [-0.05, 0) is 42.2 Å². The Hall–Kier alpha value is -2.69. The lowest BCUT2D eigenvalue weighted by molar-refractivity contribution is -0.124. The van der Waals surface area contributed by atoms with E-state index in [1.165, 1.54) is 12.1 Å². The predicted molar refractivity (Wildman–Crippen MR) is 95.2 cm³/mol. The van der Waals surface area contributed by atoms with Crippen LogP contribution < -0.4 is 5.32 Å². The van der Waals surface area contributed by atoms with Crippen molar-refractivity contribution in [1.29, 1.82) is 0 Å². The van der Waals surface area contributed by atoms with E-state index in [2.05, 4.69) is 16.3 Å². The molecule has 0 unspecified atom stereocenters. The molecular formula is C20H20FN3O. The number of amidine groups is 1. The molecule has 0 aliphatic carbocycles. The summed E-state index contributed by atoms with van der Waals surface area (Å²) in [7, 11) is 0. The van der Waals surface area contributed by atoms with Crippen molar-refractivity contribution in [2.75, 3.05) is 6.54 Å². The van der Waals surface area contributed by atoms with Gasteiger partial charge in [-0.1, -0.05) is 30.3 Å². The van der Waals surface area contributed by atoms with Crippen molar-refractivity contribution in [3.8, 4) is 0 Å². The molecular weight excluding hydrogens is 317 g/mol. The van der Waals surface area contributed by atoms with E-state index >= 15 is 0 Å². The quantitative estimate of drug-likeness (QED) is 0.931. The van der Waals surface area contributed by atoms with Gasteiger partial charge in [0.25, 0.3) is 0 Å². The van der Waals surface area contributed by atoms with Crippen LogP contribution in [0.4, 0.5) is 10.1 Å². The van der Waals surface area contributed by atoms with E-state index in [4.69, 9.17) is 4.99 Å². The van der Waals surface area contributed by atoms with Crippen LogP contribution in [0.5, 0.6) is 0 Å². The summed E-state index contributed by atoms with van der Waals surface area (Å²) >= 11 is 0. The number of hydrogen-bond donors (Lipinski definition) is 1. The molecule has 5 heteroatoms. The van der Waals surface area contributed by atoms with Crippen molar-refractivity contribution < 1.29 is 9.18 Å². The molecule has 1 atom stereocenters. The Labute approximate surface area is 146 Å². The van der Waals surface area contributed by atoms with Gasteiger partial charge in [-0.25, -0.2) is 9.38 Å². The van der Waals surface area contributed by atoms with Crippen LogP contribution in [-0.4, -0.2) is 29.2 Å². The molecule has 2 aliphatic rings. The second-order valence-electron chi connectivity index (χ2n) is 6.51. The number of halogens is 1. The minimum absolute atomic E-state index is 0.0479. The van der Waals surface area contributed by atoms with Gasteiger partial charge in [0.2, 0.25) is 5.91 Å². The van der Waals surface area contributed by atoms with Crippen molar-refractivity contribution in [2.45, 2.75) is 31.8 Å². The van der Waals surface area contributed by atoms with E-state index < -0.39 is 0 Å². The number of para-hydroxylation sites is 1. The van der Waals surface area contributed by atoms with Gasteiger partial charge in [0.1, 0.15) is 17.7 Å². The highest BCUT2D eigenvalue weighted by atomic mass is 19.1. The van der Waals surface area contributed by atoms with E-state index in [-0.39, 0.29) is 17.8 Å². The molecule has 0 radical (unpaired) electrons. The highest BCUT2D eigenvalue weighted by Gasteiger charge is 2.36. The summed E-state index contributed by atoms with van der Waals surface area (Å²) in [6.07, 6.45) is 2.34. The highest BCUT2D eigenvalue weighted by Crippen LogP contribution is 2.32. The van der Waals surface area contributed by atoms with Crippen LogP contribution in [0.15, 0.2) is 53.5 Å². The average Bonchev–Trinajstić information content (AvgIpc) is 3.04. The Morgan fingerprint density at radius 3 is 2.84 bits per heavy atom. The Morgan fingerprint density at radius 2 is 2.00 bits per heavy atom. The molecule has 1 amide bonds. The highest BCUT2D eigenvalue weighted by molar-refractivity contribution is 5.95. The number of fused-ring (bicyclic) bond motifs is 2. The smallest absolute Gasteiger partial charge is 0.242 e. The number of hydrogen-bond acceptors (Lipinski definition) is 3. The topological polar surface area (TPSA) is 44.7 Å². The van der Waals surface area contributed by atoms with E-state index in [0.29, 0.717) is 13.0 Å². The molecule has 1 saturated heterocycles. The Balaban J connectivity index is 1.36. The van der Waals surface area contributed by atoms with Gasteiger partial charge in [0.15, 0.2) is 0 Å². The van der Waals surface area contributed by atoms with Crippen molar-refractivity contribution in [3.63, 3.8) is 0 Å². The molecule has 0 saturated carbocycles. The number of nitrogens with zero attached hydrogens (tertiary/aromatic N) is 2. The summed E-state index contributed by atoms with van der Waals surface area (Å²) in [5.41, 5.74) is 3.20. The lowest BCUT2D eigenvalue weighted by Crippen LogP contribution is -2.45. The molecule has 2 aromatic rings. The Bertz CT molecular complexity index is 816. The lowest BCUT2D eigenvalue weighted by atomic mass is 10.1. The molecule has 0 aromatic heterocycles. The molecule has 1 fully saturated rings. The van der Waals surface area contributed by atoms with Gasteiger partial charge < -0.3 is 10.2 Å². The second-order valence-corrected chi connectivity index (χ2v) is 6.51. The SMILES string of the molecule is O=C(NCCc1ccc(F)cc1)[C@@H]1CCC2=Nc3ccccc3CN21. The lowest BCUT2D eigenvalue weighted by Gasteiger charge is -2.29. The maximum Gasteiger partial charge on any atom is 0.242 e. The van der Waals surface area contributed by atoms with Gasteiger partial charge >= 0.3 is 0 Å². The fraction of sp³-hybridized carbons (Fsp3) is 0.300. The number of nitrogens with one attached hydrogen (secondary N) is 1. The van der Waals surface area contributed by atoms with Gasteiger partial charge in [-0.2, -0.15) is 0 Å². The fourth-order valence-corrected chi connectivity index (χ4v) is 3.51. The van der Waals surface area contributed by atoms with Gasteiger partial charge in [-0.3, -0.25) is 4.79 Å². The minimum atomic E-state index is -0.240. The largest absolute Gasteiger partial charge is 0.354 e. The van der Waals surface area contributed by atoms with Gasteiger partial charge in [0.05, 0.1) is 5.69 Å². The zero-order chi connectivity index (χ0) is 17.2. The molecule has 2 aliphatic heterocycles. The number of carbonyl (C=O) groups is 1. The van der Waals surface area contributed by atoms with Crippen LogP contribution in [0, 0.1) is 5.82 Å². The summed E-state index contributed by atoms with van der Waals surface area (Å²) < 4.78 is 12.9. The summed E-state index contributed by atoms with van der Waals surface area (Å²) in [6.45, 7) is 1.29. The Morgan fingerprint density at radius 1 is 1.20 bits per heavy atom. The summed E-state index contributed by atoms with van der Waals surface area (Å²) in [5.74, 6) is 0.819. The molecule has 128 valence electrons. The summed E-state index contributed by atoms with van der Waals surface area (Å²) in [6, 6.07) is 14.3. The predicted octanol–water partition coefficient (Wildman–Crippen LogP) is 3.19. The fourth-order valence-electron chi connectivity index (χ4n) is 3.51. The monoisotopic (exact) mass is 337 g/mol. The van der Waals surface area contributed by atoms with Crippen LogP contribution in [0.2, 0.25) is 0 Å². The first-order valence-electron chi connectivity index (χ1n) is 8.65. The zero-order valence-electron chi connectivity index (χ0n) is 13.9. The minimum Gasteiger partial charge on any atom is -0.354 e. The van der Waals surface area contributed by atoms with Gasteiger partial charge in [-0.15, -0.1) is 0 Å². The van der Waals surface area contributed by atoms with Crippen LogP contribution in [0.25, 0.3) is 0 Å². The van der Waals surface area contributed by atoms with Crippen molar-refractivity contribution in [1.82, 2.24) is 10.2 Å². The molecule has 2 aromatic carbocycles. The van der Waals surface area contributed by atoms with E-state index in [1.807, 2.05) is 18.2 Å². The molecule has 4 nitrogen and oxygen atoms in total. The van der Waals surface area contributed by atoms with Crippen LogP contribution in [0.1, 0.15) is 24.0 Å². The molecule has 0 spiro atoms. The first-order chi connectivity index (χ1) is 12.2. The number of aliphatic imine (C=N–C) groups is 1. The van der Waals surface area contributed by atoms with E-state index in [0.717, 1.165) is 42.0 Å². The standard InChI is InChI=1S/C20H20FN3O/c21-16-7-5-14(6-8-16)11-12-22-20(25)18-9-10-19-23-17-4-2-1-3-15(17)13-24(18)19/h1-8,18H,9-13H2,(H,22,25)/t18-/m0/s1. The number of rotatable bonds is 4. The van der Waals surface area contributed by atoms with Crippen molar-refractivity contribution in [3.05, 3.63) is 65.5 Å².